The van der Waals surface area contributed by atoms with E-state index in [0.717, 1.165) is 6.07 Å². The summed E-state index contributed by atoms with van der Waals surface area (Å²) in [5.41, 5.74) is 5.80. The molecule has 94 valence electrons. The van der Waals surface area contributed by atoms with Gasteiger partial charge in [-0.05, 0) is 13.1 Å². The highest BCUT2D eigenvalue weighted by atomic mass is 19.1. The lowest BCUT2D eigenvalue weighted by Gasteiger charge is -2.20. The van der Waals surface area contributed by atoms with Crippen LogP contribution in [0.4, 0.5) is 8.78 Å². The van der Waals surface area contributed by atoms with Gasteiger partial charge in [-0.1, -0.05) is 13.0 Å². The Kier molecular flexibility index (Phi) is 4.57. The van der Waals surface area contributed by atoms with Gasteiger partial charge in [-0.2, -0.15) is 0 Å². The number of amidine groups is 1. The summed E-state index contributed by atoms with van der Waals surface area (Å²) in [6, 6.07) is 3.54. The molecule has 5 heteroatoms. The minimum Gasteiger partial charge on any atom is -0.387 e. The summed E-state index contributed by atoms with van der Waals surface area (Å²) in [5, 5.41) is 7.27. The van der Waals surface area contributed by atoms with Crippen molar-refractivity contribution in [2.24, 2.45) is 11.7 Å². The molecule has 0 radical (unpaired) electrons. The molecule has 1 aromatic rings. The molecule has 3 nitrogen and oxygen atoms in total. The lowest BCUT2D eigenvalue weighted by atomic mass is 10.1. The van der Waals surface area contributed by atoms with Gasteiger partial charge in [0.2, 0.25) is 0 Å². The van der Waals surface area contributed by atoms with Gasteiger partial charge in [0.1, 0.15) is 11.6 Å². The van der Waals surface area contributed by atoms with E-state index in [-0.39, 0.29) is 11.8 Å². The van der Waals surface area contributed by atoms with Crippen LogP contribution in [-0.2, 0) is 6.54 Å². The van der Waals surface area contributed by atoms with Crippen molar-refractivity contribution in [2.75, 3.05) is 13.6 Å². The lowest BCUT2D eigenvalue weighted by Crippen LogP contribution is -2.31. The smallest absolute Gasteiger partial charge is 0.130 e. The van der Waals surface area contributed by atoms with Crippen molar-refractivity contribution < 1.29 is 8.78 Å². The van der Waals surface area contributed by atoms with Crippen LogP contribution in [0.2, 0.25) is 0 Å². The van der Waals surface area contributed by atoms with E-state index in [4.69, 9.17) is 11.1 Å². The summed E-state index contributed by atoms with van der Waals surface area (Å²) in [7, 11) is 1.81. The molecular formula is C12H17F2N3. The van der Waals surface area contributed by atoms with Crippen molar-refractivity contribution in [3.8, 4) is 0 Å². The molecule has 0 spiro atoms. The summed E-state index contributed by atoms with van der Waals surface area (Å²) < 4.78 is 26.1. The third-order valence-electron chi connectivity index (χ3n) is 2.57. The molecule has 17 heavy (non-hydrogen) atoms. The Hall–Kier alpha value is -1.49. The van der Waals surface area contributed by atoms with Gasteiger partial charge in [0.25, 0.3) is 0 Å². The molecule has 0 bridgehead atoms. The fraction of sp³-hybridized carbons (Fsp3) is 0.417. The van der Waals surface area contributed by atoms with E-state index < -0.39 is 11.6 Å². The molecule has 0 aromatic heterocycles. The fourth-order valence-corrected chi connectivity index (χ4v) is 1.57. The maximum Gasteiger partial charge on any atom is 0.130 e. The van der Waals surface area contributed by atoms with E-state index in [1.807, 2.05) is 18.9 Å². The van der Waals surface area contributed by atoms with E-state index >= 15 is 0 Å². The first-order valence-electron chi connectivity index (χ1n) is 5.36. The minimum absolute atomic E-state index is 0.0801. The highest BCUT2D eigenvalue weighted by Crippen LogP contribution is 2.12. The number of nitrogens with zero attached hydrogens (tertiary/aromatic N) is 1. The van der Waals surface area contributed by atoms with E-state index in [1.54, 1.807) is 0 Å². The Morgan fingerprint density at radius 1 is 1.47 bits per heavy atom. The van der Waals surface area contributed by atoms with Crippen molar-refractivity contribution in [2.45, 2.75) is 13.5 Å². The van der Waals surface area contributed by atoms with Crippen LogP contribution < -0.4 is 5.73 Å². The lowest BCUT2D eigenvalue weighted by molar-refractivity contribution is 0.301. The van der Waals surface area contributed by atoms with E-state index in [9.17, 15) is 8.78 Å². The molecule has 0 amide bonds. The number of rotatable bonds is 5. The number of benzene rings is 1. The summed E-state index contributed by atoms with van der Waals surface area (Å²) in [5.74, 6) is -1.10. The van der Waals surface area contributed by atoms with Gasteiger partial charge in [0, 0.05) is 30.6 Å². The number of nitrogens with two attached hydrogens (primary N) is 1. The van der Waals surface area contributed by atoms with Crippen LogP contribution >= 0.6 is 0 Å². The predicted molar refractivity (Wildman–Crippen MR) is 63.8 cm³/mol. The van der Waals surface area contributed by atoms with E-state index in [2.05, 4.69) is 0 Å². The zero-order valence-electron chi connectivity index (χ0n) is 10.0. The molecule has 0 aliphatic rings. The quantitative estimate of drug-likeness (QED) is 0.611. The van der Waals surface area contributed by atoms with Crippen molar-refractivity contribution in [1.82, 2.24) is 4.90 Å². The molecule has 0 fully saturated rings. The number of nitrogens with one attached hydrogen (secondary N) is 1. The van der Waals surface area contributed by atoms with Crippen LogP contribution in [0, 0.1) is 23.0 Å². The first-order valence-corrected chi connectivity index (χ1v) is 5.36. The highest BCUT2D eigenvalue weighted by molar-refractivity contribution is 5.79. The average molecular weight is 241 g/mol. The Morgan fingerprint density at radius 3 is 2.65 bits per heavy atom. The number of hydrogen-bond donors (Lipinski definition) is 2. The third kappa shape index (κ3) is 4.11. The number of hydrogen-bond acceptors (Lipinski definition) is 2. The third-order valence-corrected chi connectivity index (χ3v) is 2.57. The van der Waals surface area contributed by atoms with Crippen molar-refractivity contribution in [3.63, 3.8) is 0 Å². The fourth-order valence-electron chi connectivity index (χ4n) is 1.57. The molecule has 0 heterocycles. The van der Waals surface area contributed by atoms with Crippen LogP contribution in [0.3, 0.4) is 0 Å². The molecule has 0 aliphatic heterocycles. The summed E-state index contributed by atoms with van der Waals surface area (Å²) >= 11 is 0. The molecule has 1 rings (SSSR count). The van der Waals surface area contributed by atoms with Crippen LogP contribution in [0.15, 0.2) is 18.2 Å². The maximum absolute atomic E-state index is 13.4. The van der Waals surface area contributed by atoms with Gasteiger partial charge in [-0.25, -0.2) is 8.78 Å². The highest BCUT2D eigenvalue weighted by Gasteiger charge is 2.11. The van der Waals surface area contributed by atoms with Gasteiger partial charge < -0.3 is 10.6 Å². The first kappa shape index (κ1) is 13.6. The Bertz CT molecular complexity index is 407. The molecule has 1 unspecified atom stereocenters. The SMILES string of the molecule is CC(CN(C)Cc1ccc(F)cc1F)C(=N)N. The Labute approximate surface area is 99.7 Å². The van der Waals surface area contributed by atoms with Crippen molar-refractivity contribution >= 4 is 5.84 Å². The van der Waals surface area contributed by atoms with Crippen LogP contribution in [0.25, 0.3) is 0 Å². The second kappa shape index (κ2) is 5.72. The summed E-state index contributed by atoms with van der Waals surface area (Å²) in [6.45, 7) is 2.76. The second-order valence-corrected chi connectivity index (χ2v) is 4.29. The van der Waals surface area contributed by atoms with E-state index in [0.29, 0.717) is 18.7 Å². The summed E-state index contributed by atoms with van der Waals surface area (Å²) in [6.07, 6.45) is 0. The average Bonchev–Trinajstić information content (AvgIpc) is 2.22. The van der Waals surface area contributed by atoms with Crippen molar-refractivity contribution in [1.29, 1.82) is 5.41 Å². The first-order chi connectivity index (χ1) is 7.90. The zero-order chi connectivity index (χ0) is 13.0. The van der Waals surface area contributed by atoms with Gasteiger partial charge >= 0.3 is 0 Å². The molecule has 3 N–H and O–H groups in total. The van der Waals surface area contributed by atoms with Crippen molar-refractivity contribution in [3.05, 3.63) is 35.4 Å². The van der Waals surface area contributed by atoms with Crippen LogP contribution in [0.5, 0.6) is 0 Å². The summed E-state index contributed by atoms with van der Waals surface area (Å²) in [4.78, 5) is 1.85. The maximum atomic E-state index is 13.4. The van der Waals surface area contributed by atoms with E-state index in [1.165, 1.54) is 12.1 Å². The number of halogens is 2. The second-order valence-electron chi connectivity index (χ2n) is 4.29. The molecule has 0 saturated heterocycles. The molecule has 0 saturated carbocycles. The van der Waals surface area contributed by atoms with Gasteiger partial charge in [0.15, 0.2) is 0 Å². The van der Waals surface area contributed by atoms with Gasteiger partial charge in [-0.3, -0.25) is 5.41 Å². The molecule has 1 atom stereocenters. The molecule has 1 aromatic carbocycles. The van der Waals surface area contributed by atoms with Crippen LogP contribution in [0.1, 0.15) is 12.5 Å². The Balaban J connectivity index is 2.62. The normalized spacial score (nSPS) is 12.8. The largest absolute Gasteiger partial charge is 0.387 e. The predicted octanol–water partition coefficient (Wildman–Crippen LogP) is 1.97. The van der Waals surface area contributed by atoms with Gasteiger partial charge in [0.05, 0.1) is 5.84 Å². The van der Waals surface area contributed by atoms with Gasteiger partial charge in [-0.15, -0.1) is 0 Å². The zero-order valence-corrected chi connectivity index (χ0v) is 10.0. The topological polar surface area (TPSA) is 53.1 Å². The van der Waals surface area contributed by atoms with Crippen LogP contribution in [-0.4, -0.2) is 24.3 Å². The Morgan fingerprint density at radius 2 is 2.12 bits per heavy atom. The molecular weight excluding hydrogens is 224 g/mol. The minimum atomic E-state index is -0.578. The standard InChI is InChI=1S/C12H17F2N3/c1-8(12(15)16)6-17(2)7-9-3-4-10(13)5-11(9)14/h3-5,8H,6-7H2,1-2H3,(H3,15,16). The molecule has 0 aliphatic carbocycles. The monoisotopic (exact) mass is 241 g/mol.